The molecule has 1 N–H and O–H groups in total. The summed E-state index contributed by atoms with van der Waals surface area (Å²) in [5, 5.41) is 11.7. The van der Waals surface area contributed by atoms with Crippen molar-refractivity contribution in [2.24, 2.45) is 0 Å². The minimum absolute atomic E-state index is 0.274. The van der Waals surface area contributed by atoms with Gasteiger partial charge >= 0.3 is 6.18 Å². The fourth-order valence-electron chi connectivity index (χ4n) is 2.72. The number of rotatable bonds is 4. The molecule has 0 unspecified atom stereocenters. The van der Waals surface area contributed by atoms with Gasteiger partial charge in [-0.15, -0.1) is 0 Å². The lowest BCUT2D eigenvalue weighted by Gasteiger charge is -2.24. The van der Waals surface area contributed by atoms with E-state index in [0.717, 1.165) is 12.1 Å². The minimum Gasteiger partial charge on any atom is -0.318 e. The smallest absolute Gasteiger partial charge is 0.318 e. The number of halogens is 3. The van der Waals surface area contributed by atoms with E-state index in [1.54, 1.807) is 7.05 Å². The molecule has 1 aliphatic rings. The Morgan fingerprint density at radius 3 is 2.70 bits per heavy atom. The van der Waals surface area contributed by atoms with Crippen LogP contribution >= 0.6 is 0 Å². The van der Waals surface area contributed by atoms with E-state index in [0.29, 0.717) is 25.5 Å². The van der Waals surface area contributed by atoms with Crippen LogP contribution in [0.1, 0.15) is 24.0 Å². The minimum atomic E-state index is -4.79. The summed E-state index contributed by atoms with van der Waals surface area (Å²) in [7, 11) is -2.35. The van der Waals surface area contributed by atoms with Crippen molar-refractivity contribution in [3.8, 4) is 6.07 Å². The second-order valence-corrected chi connectivity index (χ2v) is 7.18. The molecule has 0 spiro atoms. The van der Waals surface area contributed by atoms with Crippen LogP contribution < -0.4 is 5.32 Å². The van der Waals surface area contributed by atoms with Gasteiger partial charge in [0.2, 0.25) is 10.0 Å². The van der Waals surface area contributed by atoms with Gasteiger partial charge in [-0.25, -0.2) is 8.42 Å². The Hall–Kier alpha value is -1.63. The molecule has 23 heavy (non-hydrogen) atoms. The number of alkyl halides is 3. The normalized spacial score (nSPS) is 19.7. The van der Waals surface area contributed by atoms with Crippen molar-refractivity contribution >= 4 is 10.0 Å². The highest BCUT2D eigenvalue weighted by Gasteiger charge is 2.38. The summed E-state index contributed by atoms with van der Waals surface area (Å²) in [6.45, 7) is 0.706. The molecule has 0 bridgehead atoms. The Labute approximate surface area is 132 Å². The van der Waals surface area contributed by atoms with Gasteiger partial charge in [-0.3, -0.25) is 0 Å². The van der Waals surface area contributed by atoms with Crippen LogP contribution in [-0.2, 0) is 16.2 Å². The Bertz CT molecular complexity index is 726. The third-order valence-electron chi connectivity index (χ3n) is 3.79. The summed E-state index contributed by atoms with van der Waals surface area (Å²) < 4.78 is 65.5. The van der Waals surface area contributed by atoms with Gasteiger partial charge < -0.3 is 5.32 Å². The third-order valence-corrected chi connectivity index (χ3v) is 5.73. The summed E-state index contributed by atoms with van der Waals surface area (Å²) in [5.74, 6) is 0. The van der Waals surface area contributed by atoms with Gasteiger partial charge in [0.15, 0.2) is 0 Å². The molecule has 0 radical (unpaired) electrons. The summed E-state index contributed by atoms with van der Waals surface area (Å²) in [6, 6.07) is 3.66. The Balaban J connectivity index is 2.47. The molecule has 1 heterocycles. The van der Waals surface area contributed by atoms with Gasteiger partial charge in [-0.05, 0) is 38.1 Å². The molecule has 1 aliphatic heterocycles. The number of hydrogen-bond donors (Lipinski definition) is 1. The van der Waals surface area contributed by atoms with Crippen LogP contribution in [0, 0.1) is 11.3 Å². The monoisotopic (exact) mass is 347 g/mol. The first-order valence-electron chi connectivity index (χ1n) is 6.99. The average Bonchev–Trinajstić information content (AvgIpc) is 2.95. The molecule has 0 aliphatic carbocycles. The quantitative estimate of drug-likeness (QED) is 0.904. The van der Waals surface area contributed by atoms with E-state index in [2.05, 4.69) is 5.32 Å². The van der Waals surface area contributed by atoms with Gasteiger partial charge in [0.05, 0.1) is 22.1 Å². The lowest BCUT2D eigenvalue weighted by atomic mass is 10.1. The zero-order valence-corrected chi connectivity index (χ0v) is 13.2. The maximum atomic E-state index is 13.0. The average molecular weight is 347 g/mol. The molecular formula is C14H16F3N3O2S. The van der Waals surface area contributed by atoms with Crippen molar-refractivity contribution in [1.82, 2.24) is 9.62 Å². The fraction of sp³-hybridized carbons (Fsp3) is 0.500. The van der Waals surface area contributed by atoms with Crippen LogP contribution in [-0.4, -0.2) is 38.9 Å². The first kappa shape index (κ1) is 17.7. The van der Waals surface area contributed by atoms with Crippen molar-refractivity contribution in [2.75, 3.05) is 20.1 Å². The molecular weight excluding hydrogens is 331 g/mol. The van der Waals surface area contributed by atoms with Crippen molar-refractivity contribution in [2.45, 2.75) is 30.0 Å². The molecule has 9 heteroatoms. The molecule has 5 nitrogen and oxygen atoms in total. The molecule has 1 saturated heterocycles. The largest absolute Gasteiger partial charge is 0.417 e. The standard InChI is InChI=1S/C14H16F3N3O2S/c1-19-9-11-3-2-6-20(11)23(21,22)12-5-4-10(8-18)13(7-12)14(15,16)17/h4-5,7,11,19H,2-3,6,9H2,1H3/t11-/m0/s1. The SMILES string of the molecule is CNC[C@@H]1CCCN1S(=O)(=O)c1ccc(C#N)c(C(F)(F)F)c1. The molecule has 1 aromatic carbocycles. The predicted octanol–water partition coefficient (Wildman–Crippen LogP) is 1.95. The van der Waals surface area contributed by atoms with E-state index < -0.39 is 32.2 Å². The van der Waals surface area contributed by atoms with Crippen molar-refractivity contribution in [3.05, 3.63) is 29.3 Å². The number of nitrogens with one attached hydrogen (secondary N) is 1. The van der Waals surface area contributed by atoms with Crippen LogP contribution in [0.2, 0.25) is 0 Å². The molecule has 1 fully saturated rings. The zero-order chi connectivity index (χ0) is 17.3. The Morgan fingerprint density at radius 1 is 1.43 bits per heavy atom. The lowest BCUT2D eigenvalue weighted by Crippen LogP contribution is -2.40. The zero-order valence-electron chi connectivity index (χ0n) is 12.4. The van der Waals surface area contributed by atoms with Gasteiger partial charge in [0.25, 0.3) is 0 Å². The van der Waals surface area contributed by atoms with E-state index in [-0.39, 0.29) is 12.6 Å². The molecule has 2 rings (SSSR count). The van der Waals surface area contributed by atoms with E-state index >= 15 is 0 Å². The summed E-state index contributed by atoms with van der Waals surface area (Å²) in [5.41, 5.74) is -1.82. The number of nitrogens with zero attached hydrogens (tertiary/aromatic N) is 2. The highest BCUT2D eigenvalue weighted by atomic mass is 32.2. The topological polar surface area (TPSA) is 73.2 Å². The first-order valence-corrected chi connectivity index (χ1v) is 8.43. The highest BCUT2D eigenvalue weighted by molar-refractivity contribution is 7.89. The second-order valence-electron chi connectivity index (χ2n) is 5.29. The predicted molar refractivity (Wildman–Crippen MR) is 77.0 cm³/mol. The maximum absolute atomic E-state index is 13.0. The van der Waals surface area contributed by atoms with Gasteiger partial charge in [0.1, 0.15) is 0 Å². The van der Waals surface area contributed by atoms with Crippen LogP contribution in [0.25, 0.3) is 0 Å². The number of benzene rings is 1. The van der Waals surface area contributed by atoms with Crippen LogP contribution in [0.15, 0.2) is 23.1 Å². The molecule has 0 amide bonds. The van der Waals surface area contributed by atoms with Gasteiger partial charge in [-0.1, -0.05) is 0 Å². The third kappa shape index (κ3) is 3.49. The second kappa shape index (κ2) is 6.47. The molecule has 0 aromatic heterocycles. The first-order chi connectivity index (χ1) is 10.7. The molecule has 126 valence electrons. The number of hydrogen-bond acceptors (Lipinski definition) is 4. The van der Waals surface area contributed by atoms with Crippen LogP contribution in [0.3, 0.4) is 0 Å². The number of nitriles is 1. The Kier molecular flexibility index (Phi) is 4.98. The van der Waals surface area contributed by atoms with Crippen LogP contribution in [0.4, 0.5) is 13.2 Å². The number of sulfonamides is 1. The molecule has 1 atom stereocenters. The van der Waals surface area contributed by atoms with Crippen molar-refractivity contribution < 1.29 is 21.6 Å². The highest BCUT2D eigenvalue weighted by Crippen LogP contribution is 2.34. The lowest BCUT2D eigenvalue weighted by molar-refractivity contribution is -0.137. The van der Waals surface area contributed by atoms with E-state index in [1.165, 1.54) is 10.4 Å². The van der Waals surface area contributed by atoms with Crippen molar-refractivity contribution in [1.29, 1.82) is 5.26 Å². The fourth-order valence-corrected chi connectivity index (χ4v) is 4.44. The van der Waals surface area contributed by atoms with Gasteiger partial charge in [0, 0.05) is 19.1 Å². The van der Waals surface area contributed by atoms with Gasteiger partial charge in [-0.2, -0.15) is 22.7 Å². The Morgan fingerprint density at radius 2 is 2.13 bits per heavy atom. The van der Waals surface area contributed by atoms with Crippen LogP contribution in [0.5, 0.6) is 0 Å². The molecule has 0 saturated carbocycles. The summed E-state index contributed by atoms with van der Waals surface area (Å²) >= 11 is 0. The maximum Gasteiger partial charge on any atom is 0.417 e. The van der Waals surface area contributed by atoms with E-state index in [4.69, 9.17) is 5.26 Å². The van der Waals surface area contributed by atoms with E-state index in [9.17, 15) is 21.6 Å². The van der Waals surface area contributed by atoms with E-state index in [1.807, 2.05) is 0 Å². The summed E-state index contributed by atoms with van der Waals surface area (Å²) in [4.78, 5) is -0.438. The summed E-state index contributed by atoms with van der Waals surface area (Å²) in [6.07, 6.45) is -3.47. The van der Waals surface area contributed by atoms with Crippen molar-refractivity contribution in [3.63, 3.8) is 0 Å². The number of likely N-dealkylation sites (N-methyl/N-ethyl adjacent to an activating group) is 1. The molecule has 1 aromatic rings.